The Morgan fingerprint density at radius 3 is 2.42 bits per heavy atom. The average molecular weight is 284 g/mol. The molecule has 2 saturated carbocycles. The van der Waals surface area contributed by atoms with E-state index in [9.17, 15) is 12.8 Å². The molecule has 0 unspecified atom stereocenters. The van der Waals surface area contributed by atoms with E-state index in [1.807, 2.05) is 6.92 Å². The van der Waals surface area contributed by atoms with Crippen molar-refractivity contribution in [2.24, 2.45) is 11.8 Å². The minimum atomic E-state index is -3.77. The van der Waals surface area contributed by atoms with Crippen LogP contribution in [0.15, 0.2) is 29.2 Å². The first-order valence-electron chi connectivity index (χ1n) is 6.60. The summed E-state index contributed by atoms with van der Waals surface area (Å²) in [6.45, 7) is 1.89. The third-order valence-electron chi connectivity index (χ3n) is 4.23. The summed E-state index contributed by atoms with van der Waals surface area (Å²) in [5.74, 6) is 0.0449. The monoisotopic (exact) mass is 284 g/mol. The largest absolute Gasteiger partial charge is 0.297 e. The Balaban J connectivity index is 1.77. The molecule has 2 aliphatic carbocycles. The Morgan fingerprint density at radius 1 is 1.16 bits per heavy atom. The zero-order valence-corrected chi connectivity index (χ0v) is 11.6. The minimum absolute atomic E-state index is 0.149. The summed E-state index contributed by atoms with van der Waals surface area (Å²) < 4.78 is 43.2. The molecule has 0 spiro atoms. The Labute approximate surface area is 112 Å². The molecule has 0 saturated heterocycles. The molecule has 2 aliphatic rings. The highest BCUT2D eigenvalue weighted by molar-refractivity contribution is 7.86. The van der Waals surface area contributed by atoms with Crippen LogP contribution in [0.1, 0.15) is 24.8 Å². The predicted octanol–water partition coefficient (Wildman–Crippen LogP) is 2.84. The normalized spacial score (nSPS) is 33.8. The summed E-state index contributed by atoms with van der Waals surface area (Å²) in [7, 11) is -3.77. The van der Waals surface area contributed by atoms with Gasteiger partial charge >= 0.3 is 0 Å². The summed E-state index contributed by atoms with van der Waals surface area (Å²) in [5.41, 5.74) is 0.989. The van der Waals surface area contributed by atoms with Gasteiger partial charge in [0.1, 0.15) is 6.17 Å². The van der Waals surface area contributed by atoms with Gasteiger partial charge in [-0.25, -0.2) is 4.39 Å². The van der Waals surface area contributed by atoms with Gasteiger partial charge in [-0.15, -0.1) is 0 Å². The standard InChI is InChI=1S/C14H17FO3S/c1-9-2-4-11(5-3-9)19(16,17)18-14-8-10-6-12(14)13(15)7-10/h2-5,10,12-14H,6-8H2,1H3/t10-,12-,13-,14+/m0/s1. The van der Waals surface area contributed by atoms with E-state index in [2.05, 4.69) is 0 Å². The van der Waals surface area contributed by atoms with Crippen LogP contribution in [0.5, 0.6) is 0 Å². The lowest BCUT2D eigenvalue weighted by atomic mass is 9.96. The fraction of sp³-hybridized carbons (Fsp3) is 0.571. The average Bonchev–Trinajstić information content (AvgIpc) is 2.87. The van der Waals surface area contributed by atoms with Gasteiger partial charge in [0, 0.05) is 5.92 Å². The number of hydrogen-bond acceptors (Lipinski definition) is 3. The lowest BCUT2D eigenvalue weighted by Gasteiger charge is -2.24. The molecule has 104 valence electrons. The molecule has 3 rings (SSSR count). The van der Waals surface area contributed by atoms with Crippen LogP contribution in [0.3, 0.4) is 0 Å². The molecule has 19 heavy (non-hydrogen) atoms. The highest BCUT2D eigenvalue weighted by Crippen LogP contribution is 2.48. The van der Waals surface area contributed by atoms with Crippen LogP contribution < -0.4 is 0 Å². The van der Waals surface area contributed by atoms with E-state index in [1.165, 1.54) is 12.1 Å². The number of alkyl halides is 1. The van der Waals surface area contributed by atoms with Crippen molar-refractivity contribution in [3.05, 3.63) is 29.8 Å². The smallest absolute Gasteiger partial charge is 0.263 e. The molecule has 4 atom stereocenters. The summed E-state index contributed by atoms with van der Waals surface area (Å²) in [4.78, 5) is 0.149. The van der Waals surface area contributed by atoms with Crippen LogP contribution in [0.25, 0.3) is 0 Å². The molecule has 0 heterocycles. The summed E-state index contributed by atoms with van der Waals surface area (Å²) in [5, 5.41) is 0. The molecule has 0 aromatic heterocycles. The minimum Gasteiger partial charge on any atom is -0.263 e. The first kappa shape index (κ1) is 13.1. The third kappa shape index (κ3) is 2.41. The van der Waals surface area contributed by atoms with Crippen molar-refractivity contribution >= 4 is 10.1 Å². The Morgan fingerprint density at radius 2 is 1.84 bits per heavy atom. The van der Waals surface area contributed by atoms with Gasteiger partial charge in [-0.1, -0.05) is 17.7 Å². The maximum absolute atomic E-state index is 13.6. The molecule has 0 N–H and O–H groups in total. The molecule has 1 aromatic carbocycles. The summed E-state index contributed by atoms with van der Waals surface area (Å²) >= 11 is 0. The van der Waals surface area contributed by atoms with Crippen LogP contribution in [0.2, 0.25) is 0 Å². The number of halogens is 1. The van der Waals surface area contributed by atoms with Gasteiger partial charge in [0.2, 0.25) is 0 Å². The summed E-state index contributed by atoms with van der Waals surface area (Å²) in [6, 6.07) is 6.53. The molecule has 5 heteroatoms. The van der Waals surface area contributed by atoms with Gasteiger partial charge in [0.25, 0.3) is 10.1 Å². The van der Waals surface area contributed by atoms with E-state index in [0.29, 0.717) is 18.8 Å². The van der Waals surface area contributed by atoms with Gasteiger partial charge in [-0.05, 0) is 44.2 Å². The van der Waals surface area contributed by atoms with E-state index >= 15 is 0 Å². The molecular formula is C14H17FO3S. The maximum atomic E-state index is 13.6. The van der Waals surface area contributed by atoms with Crippen molar-refractivity contribution in [2.45, 2.75) is 43.4 Å². The molecule has 2 fully saturated rings. The number of rotatable bonds is 3. The lowest BCUT2D eigenvalue weighted by molar-refractivity contribution is 0.0875. The number of fused-ring (bicyclic) bond motifs is 2. The van der Waals surface area contributed by atoms with Crippen LogP contribution >= 0.6 is 0 Å². The second kappa shape index (κ2) is 4.56. The fourth-order valence-corrected chi connectivity index (χ4v) is 4.36. The first-order chi connectivity index (χ1) is 8.95. The number of aryl methyl sites for hydroxylation is 1. The van der Waals surface area contributed by atoms with Gasteiger partial charge < -0.3 is 0 Å². The first-order valence-corrected chi connectivity index (χ1v) is 8.00. The van der Waals surface area contributed by atoms with Crippen molar-refractivity contribution in [3.8, 4) is 0 Å². The number of benzene rings is 1. The van der Waals surface area contributed by atoms with Crippen molar-refractivity contribution in [3.63, 3.8) is 0 Å². The van der Waals surface area contributed by atoms with Crippen molar-refractivity contribution in [2.75, 3.05) is 0 Å². The van der Waals surface area contributed by atoms with Crippen LogP contribution in [-0.4, -0.2) is 20.7 Å². The van der Waals surface area contributed by atoms with E-state index in [-0.39, 0.29) is 10.8 Å². The SMILES string of the molecule is Cc1ccc(S(=O)(=O)O[C@@H]2C[C@H]3C[C@H]2[C@@H](F)C3)cc1. The van der Waals surface area contributed by atoms with Gasteiger partial charge in [-0.3, -0.25) is 4.18 Å². The molecule has 2 bridgehead atoms. The van der Waals surface area contributed by atoms with E-state index in [4.69, 9.17) is 4.18 Å². The Hall–Kier alpha value is -0.940. The van der Waals surface area contributed by atoms with Crippen LogP contribution in [0.4, 0.5) is 4.39 Å². The van der Waals surface area contributed by atoms with E-state index in [1.54, 1.807) is 12.1 Å². The van der Waals surface area contributed by atoms with E-state index < -0.39 is 22.4 Å². The second-order valence-corrected chi connectivity index (χ2v) is 7.23. The Kier molecular flexibility index (Phi) is 3.14. The zero-order valence-electron chi connectivity index (χ0n) is 10.8. The topological polar surface area (TPSA) is 43.4 Å². The second-order valence-electron chi connectivity index (χ2n) is 5.65. The lowest BCUT2D eigenvalue weighted by Crippen LogP contribution is -2.30. The third-order valence-corrected chi connectivity index (χ3v) is 5.58. The quantitative estimate of drug-likeness (QED) is 0.802. The maximum Gasteiger partial charge on any atom is 0.297 e. The molecule has 0 aliphatic heterocycles. The summed E-state index contributed by atoms with van der Waals surface area (Å²) in [6.07, 6.45) is 0.595. The van der Waals surface area contributed by atoms with Crippen LogP contribution in [0, 0.1) is 18.8 Å². The van der Waals surface area contributed by atoms with Gasteiger partial charge in [0.05, 0.1) is 11.0 Å². The molecular weight excluding hydrogens is 267 g/mol. The predicted molar refractivity (Wildman–Crippen MR) is 69.0 cm³/mol. The molecule has 1 aromatic rings. The van der Waals surface area contributed by atoms with Crippen LogP contribution in [-0.2, 0) is 14.3 Å². The van der Waals surface area contributed by atoms with Crippen molar-refractivity contribution in [1.82, 2.24) is 0 Å². The van der Waals surface area contributed by atoms with Gasteiger partial charge in [0.15, 0.2) is 0 Å². The Bertz CT molecular complexity index is 567. The van der Waals surface area contributed by atoms with Crippen molar-refractivity contribution < 1.29 is 17.0 Å². The van der Waals surface area contributed by atoms with E-state index in [0.717, 1.165) is 12.0 Å². The molecule has 0 radical (unpaired) electrons. The molecule has 3 nitrogen and oxygen atoms in total. The number of hydrogen-bond donors (Lipinski definition) is 0. The zero-order chi connectivity index (χ0) is 13.6. The van der Waals surface area contributed by atoms with Gasteiger partial charge in [-0.2, -0.15) is 8.42 Å². The fourth-order valence-electron chi connectivity index (χ4n) is 3.24. The highest BCUT2D eigenvalue weighted by Gasteiger charge is 2.48. The molecule has 0 amide bonds. The highest BCUT2D eigenvalue weighted by atomic mass is 32.2. The van der Waals surface area contributed by atoms with Crippen molar-refractivity contribution in [1.29, 1.82) is 0 Å².